The second-order valence-corrected chi connectivity index (χ2v) is 10.4. The minimum Gasteiger partial charge on any atom is -0.494 e. The van der Waals surface area contributed by atoms with Crippen LogP contribution >= 0.6 is 11.6 Å². The number of fused-ring (bicyclic) bond motifs is 1. The summed E-state index contributed by atoms with van der Waals surface area (Å²) in [4.78, 5) is 5.93. The molecule has 1 aliphatic rings. The number of sulfonamides is 1. The van der Waals surface area contributed by atoms with Crippen LogP contribution in [-0.4, -0.2) is 51.1 Å². The van der Waals surface area contributed by atoms with Crippen LogP contribution < -0.4 is 9.46 Å². The fourth-order valence-electron chi connectivity index (χ4n) is 4.13. The van der Waals surface area contributed by atoms with E-state index in [9.17, 15) is 8.42 Å². The van der Waals surface area contributed by atoms with Gasteiger partial charge in [0.2, 0.25) is 10.0 Å². The van der Waals surface area contributed by atoms with Crippen molar-refractivity contribution in [2.45, 2.75) is 37.0 Å². The summed E-state index contributed by atoms with van der Waals surface area (Å²) < 4.78 is 33.6. The molecule has 2 heterocycles. The van der Waals surface area contributed by atoms with Crippen molar-refractivity contribution >= 4 is 32.5 Å². The van der Waals surface area contributed by atoms with Gasteiger partial charge in [-0.1, -0.05) is 11.6 Å². The van der Waals surface area contributed by atoms with Crippen molar-refractivity contribution < 1.29 is 13.2 Å². The predicted octanol–water partition coefficient (Wildman–Crippen LogP) is 4.60. The smallest absolute Gasteiger partial charge is 0.240 e. The van der Waals surface area contributed by atoms with E-state index in [1.54, 1.807) is 24.3 Å². The number of hydrogen-bond acceptors (Lipinski definition) is 4. The third-order valence-electron chi connectivity index (χ3n) is 5.86. The quantitative estimate of drug-likeness (QED) is 0.397. The molecular formula is C24H30ClN3O3S. The summed E-state index contributed by atoms with van der Waals surface area (Å²) in [5.41, 5.74) is 2.16. The normalized spacial score (nSPS) is 14.9. The first-order valence-electron chi connectivity index (χ1n) is 11.2. The summed E-state index contributed by atoms with van der Waals surface area (Å²) in [6.07, 6.45) is 6.97. The number of aromatic amines is 1. The van der Waals surface area contributed by atoms with E-state index in [1.807, 2.05) is 24.4 Å². The summed E-state index contributed by atoms with van der Waals surface area (Å²) in [7, 11) is -3.54. The molecule has 0 radical (unpaired) electrons. The molecule has 0 saturated carbocycles. The maximum absolute atomic E-state index is 12.6. The number of halogens is 1. The molecule has 3 aromatic rings. The highest BCUT2D eigenvalue weighted by molar-refractivity contribution is 7.89. The van der Waals surface area contributed by atoms with Gasteiger partial charge >= 0.3 is 0 Å². The Balaban J connectivity index is 1.21. The minimum atomic E-state index is -3.54. The number of aromatic nitrogens is 1. The highest BCUT2D eigenvalue weighted by Crippen LogP contribution is 2.23. The highest BCUT2D eigenvalue weighted by atomic mass is 35.5. The Labute approximate surface area is 195 Å². The number of nitrogens with one attached hydrogen (secondary N) is 2. The Morgan fingerprint density at radius 1 is 1.06 bits per heavy atom. The van der Waals surface area contributed by atoms with Crippen LogP contribution in [0.1, 0.15) is 31.2 Å². The van der Waals surface area contributed by atoms with Gasteiger partial charge in [-0.25, -0.2) is 13.1 Å². The molecule has 8 heteroatoms. The van der Waals surface area contributed by atoms with Crippen LogP contribution in [0.5, 0.6) is 5.75 Å². The molecule has 0 unspecified atom stereocenters. The standard InChI is InChI=1S/C24H30ClN3O3S/c25-20-6-11-24-23(17-20)19(18-26-24)5-3-12-27-32(29,30)22-9-7-21(8-10-22)31-16-4-15-28-13-1-2-14-28/h6-11,17-18,26-27H,1-5,12-16H2. The molecule has 0 aliphatic carbocycles. The van der Waals surface area contributed by atoms with Crippen LogP contribution in [0.4, 0.5) is 0 Å². The highest BCUT2D eigenvalue weighted by Gasteiger charge is 2.14. The maximum atomic E-state index is 12.6. The molecule has 6 nitrogen and oxygen atoms in total. The van der Waals surface area contributed by atoms with Gasteiger partial charge in [0.25, 0.3) is 0 Å². The molecule has 4 rings (SSSR count). The number of likely N-dealkylation sites (tertiary alicyclic amines) is 1. The average Bonchev–Trinajstić information content (AvgIpc) is 3.44. The molecule has 0 bridgehead atoms. The van der Waals surface area contributed by atoms with Gasteiger partial charge < -0.3 is 14.6 Å². The molecule has 1 aliphatic heterocycles. The maximum Gasteiger partial charge on any atom is 0.240 e. The van der Waals surface area contributed by atoms with Crippen LogP contribution in [0, 0.1) is 0 Å². The van der Waals surface area contributed by atoms with Gasteiger partial charge in [-0.05, 0) is 93.2 Å². The number of H-pyrrole nitrogens is 1. The Hall–Kier alpha value is -2.06. The number of rotatable bonds is 11. The zero-order valence-corrected chi connectivity index (χ0v) is 19.7. The minimum absolute atomic E-state index is 0.251. The van der Waals surface area contributed by atoms with Crippen LogP contribution in [0.15, 0.2) is 53.6 Å². The lowest BCUT2D eigenvalue weighted by molar-refractivity contribution is 0.263. The second-order valence-electron chi connectivity index (χ2n) is 8.23. The first-order valence-corrected chi connectivity index (χ1v) is 13.1. The zero-order chi connectivity index (χ0) is 22.4. The van der Waals surface area contributed by atoms with Crippen molar-refractivity contribution in [2.75, 3.05) is 32.8 Å². The summed E-state index contributed by atoms with van der Waals surface area (Å²) in [6, 6.07) is 12.4. The first-order chi connectivity index (χ1) is 15.5. The largest absolute Gasteiger partial charge is 0.494 e. The molecule has 172 valence electrons. The SMILES string of the molecule is O=S(=O)(NCCCc1c[nH]c2ccc(Cl)cc12)c1ccc(OCCCN2CCCC2)cc1. The Morgan fingerprint density at radius 3 is 2.62 bits per heavy atom. The molecule has 32 heavy (non-hydrogen) atoms. The first kappa shape index (κ1) is 23.1. The third kappa shape index (κ3) is 6.04. The van der Waals surface area contributed by atoms with Gasteiger partial charge in [0.1, 0.15) is 5.75 Å². The van der Waals surface area contributed by atoms with E-state index in [0.29, 0.717) is 30.3 Å². The van der Waals surface area contributed by atoms with E-state index in [1.165, 1.54) is 25.9 Å². The number of aryl methyl sites for hydroxylation is 1. The summed E-state index contributed by atoms with van der Waals surface area (Å²) in [6.45, 7) is 4.44. The predicted molar refractivity (Wildman–Crippen MR) is 129 cm³/mol. The van der Waals surface area contributed by atoms with E-state index >= 15 is 0 Å². The lowest BCUT2D eigenvalue weighted by Gasteiger charge is -2.14. The number of nitrogens with zero attached hydrogens (tertiary/aromatic N) is 1. The number of hydrogen-bond donors (Lipinski definition) is 2. The van der Waals surface area contributed by atoms with Gasteiger partial charge in [-0.2, -0.15) is 0 Å². The molecule has 0 amide bonds. The van der Waals surface area contributed by atoms with Crippen molar-refractivity contribution in [1.29, 1.82) is 0 Å². The molecule has 0 spiro atoms. The molecule has 1 fully saturated rings. The van der Waals surface area contributed by atoms with Crippen LogP contribution in [0.25, 0.3) is 10.9 Å². The van der Waals surface area contributed by atoms with Gasteiger partial charge in [0, 0.05) is 35.2 Å². The van der Waals surface area contributed by atoms with Gasteiger partial charge in [-0.3, -0.25) is 0 Å². The Bertz CT molecular complexity index is 1120. The zero-order valence-electron chi connectivity index (χ0n) is 18.1. The number of benzene rings is 2. The topological polar surface area (TPSA) is 74.4 Å². The van der Waals surface area contributed by atoms with Crippen molar-refractivity contribution in [3.63, 3.8) is 0 Å². The van der Waals surface area contributed by atoms with Crippen molar-refractivity contribution in [1.82, 2.24) is 14.6 Å². The van der Waals surface area contributed by atoms with Gasteiger partial charge in [-0.15, -0.1) is 0 Å². The van der Waals surface area contributed by atoms with Crippen LogP contribution in [0.3, 0.4) is 0 Å². The van der Waals surface area contributed by atoms with E-state index in [2.05, 4.69) is 14.6 Å². The number of ether oxygens (including phenoxy) is 1. The summed E-state index contributed by atoms with van der Waals surface area (Å²) >= 11 is 6.09. The van der Waals surface area contributed by atoms with E-state index in [4.69, 9.17) is 16.3 Å². The molecule has 2 aromatic carbocycles. The Morgan fingerprint density at radius 2 is 1.84 bits per heavy atom. The molecular weight excluding hydrogens is 446 g/mol. The summed E-state index contributed by atoms with van der Waals surface area (Å²) in [5.74, 6) is 0.698. The Kier molecular flexibility index (Phi) is 7.73. The lowest BCUT2D eigenvalue weighted by Crippen LogP contribution is -2.25. The summed E-state index contributed by atoms with van der Waals surface area (Å²) in [5, 5.41) is 1.77. The van der Waals surface area contributed by atoms with E-state index < -0.39 is 10.0 Å². The molecule has 1 saturated heterocycles. The van der Waals surface area contributed by atoms with Crippen LogP contribution in [-0.2, 0) is 16.4 Å². The van der Waals surface area contributed by atoms with Crippen LogP contribution in [0.2, 0.25) is 5.02 Å². The van der Waals surface area contributed by atoms with Crippen molar-refractivity contribution in [3.8, 4) is 5.75 Å². The average molecular weight is 476 g/mol. The van der Waals surface area contributed by atoms with Crippen molar-refractivity contribution in [3.05, 3.63) is 59.2 Å². The second kappa shape index (κ2) is 10.7. The fraction of sp³-hybridized carbons (Fsp3) is 0.417. The molecule has 1 aromatic heterocycles. The van der Waals surface area contributed by atoms with E-state index in [-0.39, 0.29) is 4.90 Å². The fourth-order valence-corrected chi connectivity index (χ4v) is 5.37. The lowest BCUT2D eigenvalue weighted by atomic mass is 10.1. The van der Waals surface area contributed by atoms with E-state index in [0.717, 1.165) is 35.9 Å². The van der Waals surface area contributed by atoms with Gasteiger partial charge in [0.05, 0.1) is 11.5 Å². The third-order valence-corrected chi connectivity index (χ3v) is 7.58. The molecule has 2 N–H and O–H groups in total. The van der Waals surface area contributed by atoms with Crippen molar-refractivity contribution in [2.24, 2.45) is 0 Å². The monoisotopic (exact) mass is 475 g/mol. The van der Waals surface area contributed by atoms with Gasteiger partial charge in [0.15, 0.2) is 0 Å². The molecule has 0 atom stereocenters.